The molecular weight excluding hydrogens is 208 g/mol. The predicted octanol–water partition coefficient (Wildman–Crippen LogP) is 2.99. The van der Waals surface area contributed by atoms with Crippen LogP contribution in [0.25, 0.3) is 0 Å². The topological polar surface area (TPSA) is 15.3 Å². The van der Waals surface area contributed by atoms with E-state index in [1.807, 2.05) is 0 Å². The summed E-state index contributed by atoms with van der Waals surface area (Å²) in [6, 6.07) is 1.37. The van der Waals surface area contributed by atoms with Gasteiger partial charge in [-0.15, -0.1) is 0 Å². The molecule has 0 spiro atoms. The van der Waals surface area contributed by atoms with Gasteiger partial charge in [0.1, 0.15) is 0 Å². The SMILES string of the molecule is CC1CC(C)CC(NC(CN(C)C)C(C)C)C1. The second kappa shape index (κ2) is 6.75. The fraction of sp³-hybridized carbons (Fsp3) is 1.00. The molecular formula is C15H32N2. The Morgan fingerprint density at radius 3 is 2.00 bits per heavy atom. The Morgan fingerprint density at radius 1 is 1.06 bits per heavy atom. The highest BCUT2D eigenvalue weighted by Gasteiger charge is 2.26. The van der Waals surface area contributed by atoms with Crippen molar-refractivity contribution >= 4 is 0 Å². The van der Waals surface area contributed by atoms with Crippen molar-refractivity contribution in [3.63, 3.8) is 0 Å². The number of hydrogen-bond donors (Lipinski definition) is 1. The number of nitrogens with zero attached hydrogens (tertiary/aromatic N) is 1. The van der Waals surface area contributed by atoms with E-state index in [9.17, 15) is 0 Å². The van der Waals surface area contributed by atoms with E-state index in [1.165, 1.54) is 19.3 Å². The Morgan fingerprint density at radius 2 is 1.59 bits per heavy atom. The van der Waals surface area contributed by atoms with E-state index < -0.39 is 0 Å². The smallest absolute Gasteiger partial charge is 0.0220 e. The molecule has 1 N–H and O–H groups in total. The molecule has 0 radical (unpaired) electrons. The maximum Gasteiger partial charge on any atom is 0.0220 e. The highest BCUT2D eigenvalue weighted by atomic mass is 15.1. The summed E-state index contributed by atoms with van der Waals surface area (Å²) in [5.74, 6) is 2.50. The Hall–Kier alpha value is -0.0800. The predicted molar refractivity (Wildman–Crippen MR) is 76.3 cm³/mol. The quantitative estimate of drug-likeness (QED) is 0.795. The minimum atomic E-state index is 0.632. The van der Waals surface area contributed by atoms with Gasteiger partial charge in [0.2, 0.25) is 0 Å². The number of hydrogen-bond acceptors (Lipinski definition) is 2. The molecule has 3 unspecified atom stereocenters. The third-order valence-corrected chi connectivity index (χ3v) is 3.99. The van der Waals surface area contributed by atoms with E-state index in [2.05, 4.69) is 52.0 Å². The standard InChI is InChI=1S/C15H32N2/c1-11(2)15(10-17(5)6)16-14-8-12(3)7-13(4)9-14/h11-16H,7-10H2,1-6H3. The van der Waals surface area contributed by atoms with Gasteiger partial charge in [0, 0.05) is 18.6 Å². The van der Waals surface area contributed by atoms with Crippen LogP contribution in [-0.4, -0.2) is 37.6 Å². The Balaban J connectivity index is 2.48. The molecule has 1 fully saturated rings. The van der Waals surface area contributed by atoms with Crippen molar-refractivity contribution in [3.8, 4) is 0 Å². The van der Waals surface area contributed by atoms with Crippen molar-refractivity contribution in [2.45, 2.75) is 59.0 Å². The zero-order valence-corrected chi connectivity index (χ0v) is 12.7. The molecule has 0 aromatic rings. The molecule has 1 rings (SSSR count). The molecule has 1 aliphatic rings. The summed E-state index contributed by atoms with van der Waals surface area (Å²) in [6.07, 6.45) is 4.14. The van der Waals surface area contributed by atoms with E-state index in [1.54, 1.807) is 0 Å². The summed E-state index contributed by atoms with van der Waals surface area (Å²) in [5.41, 5.74) is 0. The molecule has 102 valence electrons. The van der Waals surface area contributed by atoms with Gasteiger partial charge in [-0.3, -0.25) is 0 Å². The van der Waals surface area contributed by atoms with Crippen LogP contribution in [0.1, 0.15) is 47.0 Å². The summed E-state index contributed by atoms with van der Waals surface area (Å²) in [7, 11) is 4.34. The van der Waals surface area contributed by atoms with Gasteiger partial charge in [-0.2, -0.15) is 0 Å². The lowest BCUT2D eigenvalue weighted by atomic mass is 9.80. The first-order valence-corrected chi connectivity index (χ1v) is 7.29. The van der Waals surface area contributed by atoms with Gasteiger partial charge in [0.05, 0.1) is 0 Å². The minimum absolute atomic E-state index is 0.632. The third-order valence-electron chi connectivity index (χ3n) is 3.99. The maximum atomic E-state index is 3.91. The third kappa shape index (κ3) is 5.39. The van der Waals surface area contributed by atoms with Crippen LogP contribution in [0.3, 0.4) is 0 Å². The van der Waals surface area contributed by atoms with Crippen molar-refractivity contribution in [3.05, 3.63) is 0 Å². The minimum Gasteiger partial charge on any atom is -0.310 e. The lowest BCUT2D eigenvalue weighted by Gasteiger charge is -2.36. The van der Waals surface area contributed by atoms with E-state index in [0.29, 0.717) is 12.0 Å². The molecule has 3 atom stereocenters. The van der Waals surface area contributed by atoms with Gasteiger partial charge in [-0.25, -0.2) is 0 Å². The first kappa shape index (κ1) is 15.0. The average molecular weight is 240 g/mol. The van der Waals surface area contributed by atoms with E-state index in [0.717, 1.165) is 24.4 Å². The second-order valence-electron chi connectivity index (χ2n) is 6.89. The molecule has 0 aromatic heterocycles. The van der Waals surface area contributed by atoms with Crippen molar-refractivity contribution in [2.24, 2.45) is 17.8 Å². The molecule has 2 nitrogen and oxygen atoms in total. The van der Waals surface area contributed by atoms with Crippen LogP contribution in [0.4, 0.5) is 0 Å². The highest BCUT2D eigenvalue weighted by molar-refractivity contribution is 4.84. The van der Waals surface area contributed by atoms with E-state index >= 15 is 0 Å². The van der Waals surface area contributed by atoms with Crippen LogP contribution in [0.2, 0.25) is 0 Å². The first-order valence-electron chi connectivity index (χ1n) is 7.29. The van der Waals surface area contributed by atoms with Crippen molar-refractivity contribution in [1.29, 1.82) is 0 Å². The fourth-order valence-corrected chi connectivity index (χ4v) is 3.24. The molecule has 0 aliphatic heterocycles. The van der Waals surface area contributed by atoms with Gasteiger partial charge in [0.25, 0.3) is 0 Å². The van der Waals surface area contributed by atoms with Gasteiger partial charge in [-0.05, 0) is 51.1 Å². The second-order valence-corrected chi connectivity index (χ2v) is 6.89. The molecule has 1 aliphatic carbocycles. The maximum absolute atomic E-state index is 3.91. The van der Waals surface area contributed by atoms with Crippen molar-refractivity contribution < 1.29 is 0 Å². The molecule has 17 heavy (non-hydrogen) atoms. The number of nitrogens with one attached hydrogen (secondary N) is 1. The van der Waals surface area contributed by atoms with Crippen LogP contribution in [0.5, 0.6) is 0 Å². The molecule has 1 saturated carbocycles. The van der Waals surface area contributed by atoms with Gasteiger partial charge >= 0.3 is 0 Å². The summed E-state index contributed by atoms with van der Waals surface area (Å²) < 4.78 is 0. The Kier molecular flexibility index (Phi) is 5.94. The lowest BCUT2D eigenvalue weighted by molar-refractivity contribution is 0.194. The fourth-order valence-electron chi connectivity index (χ4n) is 3.24. The summed E-state index contributed by atoms with van der Waals surface area (Å²) in [5, 5.41) is 3.91. The zero-order chi connectivity index (χ0) is 13.0. The van der Waals surface area contributed by atoms with E-state index in [-0.39, 0.29) is 0 Å². The summed E-state index contributed by atoms with van der Waals surface area (Å²) in [6.45, 7) is 10.6. The van der Waals surface area contributed by atoms with Crippen LogP contribution in [0.15, 0.2) is 0 Å². The Bertz CT molecular complexity index is 203. The largest absolute Gasteiger partial charge is 0.310 e. The first-order chi connectivity index (χ1) is 7.88. The highest BCUT2D eigenvalue weighted by Crippen LogP contribution is 2.29. The van der Waals surface area contributed by atoms with Gasteiger partial charge in [-0.1, -0.05) is 27.7 Å². The monoisotopic (exact) mass is 240 g/mol. The molecule has 0 bridgehead atoms. The number of rotatable bonds is 5. The van der Waals surface area contributed by atoms with Crippen molar-refractivity contribution in [1.82, 2.24) is 10.2 Å². The van der Waals surface area contributed by atoms with Crippen LogP contribution in [-0.2, 0) is 0 Å². The molecule has 2 heteroatoms. The normalized spacial score (nSPS) is 32.1. The molecule has 0 amide bonds. The van der Waals surface area contributed by atoms with Crippen LogP contribution >= 0.6 is 0 Å². The summed E-state index contributed by atoms with van der Waals surface area (Å²) >= 11 is 0. The summed E-state index contributed by atoms with van der Waals surface area (Å²) in [4.78, 5) is 2.30. The van der Waals surface area contributed by atoms with Crippen LogP contribution in [0, 0.1) is 17.8 Å². The lowest BCUT2D eigenvalue weighted by Crippen LogP contribution is -2.49. The number of likely N-dealkylation sites (N-methyl/N-ethyl adjacent to an activating group) is 1. The van der Waals surface area contributed by atoms with Gasteiger partial charge in [0.15, 0.2) is 0 Å². The van der Waals surface area contributed by atoms with Gasteiger partial charge < -0.3 is 10.2 Å². The molecule has 0 saturated heterocycles. The molecule has 0 aromatic carbocycles. The zero-order valence-electron chi connectivity index (χ0n) is 12.7. The van der Waals surface area contributed by atoms with Crippen LogP contribution < -0.4 is 5.32 Å². The molecule has 0 heterocycles. The van der Waals surface area contributed by atoms with E-state index in [4.69, 9.17) is 0 Å². The Labute approximate surface area is 108 Å². The van der Waals surface area contributed by atoms with Crippen molar-refractivity contribution in [2.75, 3.05) is 20.6 Å². The average Bonchev–Trinajstić information content (AvgIpc) is 2.13.